The van der Waals surface area contributed by atoms with E-state index in [-0.39, 0.29) is 44.4 Å². The molecule has 1 saturated heterocycles. The number of furan rings is 1. The Kier molecular flexibility index (Phi) is 9.03. The van der Waals surface area contributed by atoms with Gasteiger partial charge in [-0.15, -0.1) is 0 Å². The zero-order valence-corrected chi connectivity index (χ0v) is 23.2. The van der Waals surface area contributed by atoms with Gasteiger partial charge < -0.3 is 28.4 Å². The molecule has 0 N–H and O–H groups in total. The smallest absolute Gasteiger partial charge is 0.416 e. The minimum Gasteiger partial charge on any atom is -0.464 e. The molecule has 3 aromatic rings. The van der Waals surface area contributed by atoms with Crippen LogP contribution in [0.3, 0.4) is 0 Å². The quantitative estimate of drug-likeness (QED) is 0.349. The van der Waals surface area contributed by atoms with Crippen molar-refractivity contribution in [2.24, 2.45) is 0 Å². The molecule has 12 heteroatoms. The van der Waals surface area contributed by atoms with Crippen LogP contribution in [0.4, 0.5) is 13.2 Å². The number of carbonyl (C=O) groups excluding carboxylic acids is 2. The lowest BCUT2D eigenvalue weighted by Gasteiger charge is -2.31. The standard InChI is InChI=1S/C30H32F3N3O6/c1-21-5-7-25(42-21)18-36(17-22-6-8-26-27(15-22)41-20-40-26)28(37)19-35(10-9-34-11-13-39-14-12-34)29(38)23-3-2-4-24(16-23)30(31,32)33/h2-8,15-16H,9-14,17-20H2,1H3. The molecule has 2 aromatic carbocycles. The van der Waals surface area contributed by atoms with Crippen molar-refractivity contribution in [1.29, 1.82) is 0 Å². The second-order valence-corrected chi connectivity index (χ2v) is 10.2. The molecule has 224 valence electrons. The molecule has 0 aliphatic carbocycles. The summed E-state index contributed by atoms with van der Waals surface area (Å²) in [6.07, 6.45) is -4.60. The summed E-state index contributed by atoms with van der Waals surface area (Å²) in [6, 6.07) is 13.2. The fourth-order valence-corrected chi connectivity index (χ4v) is 4.86. The number of benzene rings is 2. The molecular formula is C30H32F3N3O6. The number of rotatable bonds is 10. The Morgan fingerprint density at radius 1 is 0.929 bits per heavy atom. The predicted molar refractivity (Wildman–Crippen MR) is 145 cm³/mol. The normalized spacial score (nSPS) is 15.0. The van der Waals surface area contributed by atoms with Crippen LogP contribution in [-0.2, 0) is 28.8 Å². The summed E-state index contributed by atoms with van der Waals surface area (Å²) in [5.74, 6) is 1.39. The van der Waals surface area contributed by atoms with Crippen molar-refractivity contribution in [3.05, 3.63) is 82.8 Å². The minimum atomic E-state index is -4.60. The van der Waals surface area contributed by atoms with Crippen LogP contribution in [0.5, 0.6) is 11.5 Å². The maximum Gasteiger partial charge on any atom is 0.416 e. The lowest BCUT2D eigenvalue weighted by molar-refractivity contribution is -0.137. The molecule has 0 spiro atoms. The van der Waals surface area contributed by atoms with Crippen LogP contribution in [0.15, 0.2) is 59.0 Å². The molecule has 2 aliphatic heterocycles. The van der Waals surface area contributed by atoms with E-state index >= 15 is 0 Å². The first kappa shape index (κ1) is 29.5. The Labute approximate surface area is 241 Å². The van der Waals surface area contributed by atoms with Gasteiger partial charge in [0.05, 0.1) is 25.3 Å². The number of amides is 2. The predicted octanol–water partition coefficient (Wildman–Crippen LogP) is 4.34. The monoisotopic (exact) mass is 587 g/mol. The van der Waals surface area contributed by atoms with Crippen LogP contribution in [0.2, 0.25) is 0 Å². The van der Waals surface area contributed by atoms with Gasteiger partial charge in [0, 0.05) is 38.3 Å². The van der Waals surface area contributed by atoms with Gasteiger partial charge in [0.25, 0.3) is 5.91 Å². The molecule has 0 saturated carbocycles. The van der Waals surface area contributed by atoms with E-state index in [4.69, 9.17) is 18.6 Å². The highest BCUT2D eigenvalue weighted by Crippen LogP contribution is 2.33. The Bertz CT molecular complexity index is 1400. The molecular weight excluding hydrogens is 555 g/mol. The van der Waals surface area contributed by atoms with Gasteiger partial charge in [-0.05, 0) is 55.0 Å². The first-order valence-electron chi connectivity index (χ1n) is 13.6. The maximum absolute atomic E-state index is 13.8. The van der Waals surface area contributed by atoms with Crippen molar-refractivity contribution in [2.45, 2.75) is 26.2 Å². The number of morpholine rings is 1. The van der Waals surface area contributed by atoms with Crippen molar-refractivity contribution in [3.63, 3.8) is 0 Å². The second-order valence-electron chi connectivity index (χ2n) is 10.2. The number of nitrogens with zero attached hydrogens (tertiary/aromatic N) is 3. The Balaban J connectivity index is 1.38. The summed E-state index contributed by atoms with van der Waals surface area (Å²) in [6.45, 7) is 4.92. The molecule has 5 rings (SSSR count). The van der Waals surface area contributed by atoms with Crippen LogP contribution in [0.1, 0.15) is 33.0 Å². The molecule has 1 aromatic heterocycles. The van der Waals surface area contributed by atoms with Crippen molar-refractivity contribution >= 4 is 11.8 Å². The molecule has 9 nitrogen and oxygen atoms in total. The van der Waals surface area contributed by atoms with Crippen LogP contribution >= 0.6 is 0 Å². The number of aryl methyl sites for hydroxylation is 1. The van der Waals surface area contributed by atoms with Crippen LogP contribution in [-0.4, -0.2) is 79.2 Å². The van der Waals surface area contributed by atoms with Crippen molar-refractivity contribution in [3.8, 4) is 11.5 Å². The van der Waals surface area contributed by atoms with E-state index in [1.807, 2.05) is 6.07 Å². The molecule has 0 bridgehead atoms. The fourth-order valence-electron chi connectivity index (χ4n) is 4.86. The summed E-state index contributed by atoms with van der Waals surface area (Å²) in [7, 11) is 0. The zero-order valence-electron chi connectivity index (χ0n) is 23.2. The third kappa shape index (κ3) is 7.42. The van der Waals surface area contributed by atoms with Gasteiger partial charge >= 0.3 is 6.18 Å². The summed E-state index contributed by atoms with van der Waals surface area (Å²) < 4.78 is 62.2. The van der Waals surface area contributed by atoms with Crippen molar-refractivity contribution in [2.75, 3.05) is 52.7 Å². The third-order valence-corrected chi connectivity index (χ3v) is 7.15. The Morgan fingerprint density at radius 2 is 1.71 bits per heavy atom. The SMILES string of the molecule is Cc1ccc(CN(Cc2ccc3c(c2)OCO3)C(=O)CN(CCN2CCOCC2)C(=O)c2cccc(C(F)(F)F)c2)o1. The third-order valence-electron chi connectivity index (χ3n) is 7.15. The van der Waals surface area contributed by atoms with Crippen LogP contribution in [0.25, 0.3) is 0 Å². The molecule has 0 unspecified atom stereocenters. The highest BCUT2D eigenvalue weighted by molar-refractivity contribution is 5.96. The van der Waals surface area contributed by atoms with Gasteiger partial charge in [0.15, 0.2) is 11.5 Å². The van der Waals surface area contributed by atoms with Gasteiger partial charge in [-0.3, -0.25) is 14.5 Å². The number of alkyl halides is 3. The lowest BCUT2D eigenvalue weighted by Crippen LogP contribution is -2.47. The molecule has 0 atom stereocenters. The average Bonchev–Trinajstić information content (AvgIpc) is 3.62. The number of hydrogen-bond donors (Lipinski definition) is 0. The van der Waals surface area contributed by atoms with Gasteiger partial charge in [-0.2, -0.15) is 13.2 Å². The van der Waals surface area contributed by atoms with Gasteiger partial charge in [-0.25, -0.2) is 0 Å². The zero-order chi connectivity index (χ0) is 29.7. The molecule has 0 radical (unpaired) electrons. The fraction of sp³-hybridized carbons (Fsp3) is 0.400. The maximum atomic E-state index is 13.8. The van der Waals surface area contributed by atoms with Crippen molar-refractivity contribution in [1.82, 2.24) is 14.7 Å². The van der Waals surface area contributed by atoms with Gasteiger partial charge in [0.2, 0.25) is 12.7 Å². The number of fused-ring (bicyclic) bond motifs is 1. The second kappa shape index (κ2) is 12.9. The number of carbonyl (C=O) groups is 2. The molecule has 3 heterocycles. The topological polar surface area (TPSA) is 84.7 Å². The van der Waals surface area contributed by atoms with E-state index in [1.54, 1.807) is 36.1 Å². The van der Waals surface area contributed by atoms with E-state index in [0.717, 1.165) is 17.7 Å². The summed E-state index contributed by atoms with van der Waals surface area (Å²) in [5, 5.41) is 0. The molecule has 42 heavy (non-hydrogen) atoms. The summed E-state index contributed by atoms with van der Waals surface area (Å²) in [4.78, 5) is 32.4. The summed E-state index contributed by atoms with van der Waals surface area (Å²) in [5.41, 5.74) is -0.283. The van der Waals surface area contributed by atoms with E-state index in [9.17, 15) is 22.8 Å². The van der Waals surface area contributed by atoms with Crippen LogP contribution in [0, 0.1) is 6.92 Å². The highest BCUT2D eigenvalue weighted by Gasteiger charge is 2.32. The number of hydrogen-bond acceptors (Lipinski definition) is 7. The first-order valence-corrected chi connectivity index (χ1v) is 13.6. The highest BCUT2D eigenvalue weighted by atomic mass is 19.4. The molecule has 2 amide bonds. The van der Waals surface area contributed by atoms with E-state index in [1.165, 1.54) is 17.0 Å². The van der Waals surface area contributed by atoms with Gasteiger partial charge in [-0.1, -0.05) is 12.1 Å². The van der Waals surface area contributed by atoms with Crippen LogP contribution < -0.4 is 9.47 Å². The lowest BCUT2D eigenvalue weighted by atomic mass is 10.1. The molecule has 2 aliphatic rings. The number of ether oxygens (including phenoxy) is 3. The Morgan fingerprint density at radius 3 is 2.45 bits per heavy atom. The molecule has 1 fully saturated rings. The largest absolute Gasteiger partial charge is 0.464 e. The summed E-state index contributed by atoms with van der Waals surface area (Å²) >= 11 is 0. The number of halogens is 3. The van der Waals surface area contributed by atoms with E-state index < -0.39 is 17.6 Å². The first-order chi connectivity index (χ1) is 20.2. The Hall–Kier alpha value is -4.03. The minimum absolute atomic E-state index is 0.114. The van der Waals surface area contributed by atoms with E-state index in [2.05, 4.69) is 4.90 Å². The van der Waals surface area contributed by atoms with E-state index in [0.29, 0.717) is 55.9 Å². The average molecular weight is 588 g/mol. The van der Waals surface area contributed by atoms with Gasteiger partial charge in [0.1, 0.15) is 18.1 Å². The van der Waals surface area contributed by atoms with Crippen molar-refractivity contribution < 1.29 is 41.4 Å².